The Morgan fingerprint density at radius 2 is 1.88 bits per heavy atom. The van der Waals surface area contributed by atoms with Gasteiger partial charge in [-0.15, -0.1) is 0 Å². The molecule has 0 saturated carbocycles. The number of nitrogens with zero attached hydrogens (tertiary/aromatic N) is 2. The van der Waals surface area contributed by atoms with E-state index in [1.165, 1.54) is 24.4 Å². The Labute approximate surface area is 147 Å². The van der Waals surface area contributed by atoms with E-state index in [0.29, 0.717) is 0 Å². The van der Waals surface area contributed by atoms with Crippen LogP contribution in [0.3, 0.4) is 0 Å². The second kappa shape index (κ2) is 7.46. The Morgan fingerprint density at radius 3 is 2.46 bits per heavy atom. The molecular weight excluding hydrogens is 382 g/mol. The molecule has 0 radical (unpaired) electrons. The van der Waals surface area contributed by atoms with Gasteiger partial charge >= 0.3 is 7.60 Å². The molecular formula is C13H11Cl2N2O6P. The molecule has 2 rings (SSSR count). The van der Waals surface area contributed by atoms with Crippen LogP contribution in [-0.4, -0.2) is 24.1 Å². The summed E-state index contributed by atoms with van der Waals surface area (Å²) in [5, 5.41) is 11.2. The van der Waals surface area contributed by atoms with Crippen molar-refractivity contribution in [3.8, 4) is 11.6 Å². The zero-order chi connectivity index (χ0) is 17.9. The summed E-state index contributed by atoms with van der Waals surface area (Å²) in [5.41, 5.74) is -0.431. The SMILES string of the molecule is COP(=O)(OC)c1cc(Oc2nccc(Cl)c2Cl)ccc1[N+](=O)[O-]. The third-order valence-corrected chi connectivity index (χ3v) is 5.63. The average molecular weight is 393 g/mol. The van der Waals surface area contributed by atoms with Crippen molar-refractivity contribution in [1.29, 1.82) is 0 Å². The van der Waals surface area contributed by atoms with Crippen molar-refractivity contribution in [3.63, 3.8) is 0 Å². The van der Waals surface area contributed by atoms with E-state index in [0.717, 1.165) is 20.3 Å². The highest BCUT2D eigenvalue weighted by molar-refractivity contribution is 7.62. The number of aromatic nitrogens is 1. The largest absolute Gasteiger partial charge is 0.437 e. The summed E-state index contributed by atoms with van der Waals surface area (Å²) in [7, 11) is -1.64. The fourth-order valence-corrected chi connectivity index (χ4v) is 3.35. The first-order valence-corrected chi connectivity index (χ1v) is 8.60. The summed E-state index contributed by atoms with van der Waals surface area (Å²) in [6.45, 7) is 0. The molecule has 0 amide bonds. The van der Waals surface area contributed by atoms with Gasteiger partial charge in [-0.3, -0.25) is 14.7 Å². The molecule has 0 aliphatic carbocycles. The second-order valence-corrected chi connectivity index (χ2v) is 7.28. The average Bonchev–Trinajstić information content (AvgIpc) is 2.58. The summed E-state index contributed by atoms with van der Waals surface area (Å²) in [6, 6.07) is 5.07. The quantitative estimate of drug-likeness (QED) is 0.412. The van der Waals surface area contributed by atoms with Crippen molar-refractivity contribution in [3.05, 3.63) is 50.6 Å². The number of halogens is 2. The number of hydrogen-bond acceptors (Lipinski definition) is 7. The lowest BCUT2D eigenvalue weighted by atomic mass is 10.3. The Morgan fingerprint density at radius 1 is 1.21 bits per heavy atom. The highest BCUT2D eigenvalue weighted by atomic mass is 35.5. The minimum Gasteiger partial charge on any atom is -0.437 e. The van der Waals surface area contributed by atoms with Gasteiger partial charge in [-0.1, -0.05) is 23.2 Å². The van der Waals surface area contributed by atoms with Crippen molar-refractivity contribution < 1.29 is 23.3 Å². The fraction of sp³-hybridized carbons (Fsp3) is 0.154. The number of rotatable bonds is 6. The third-order valence-electron chi connectivity index (χ3n) is 2.94. The maximum absolute atomic E-state index is 12.5. The van der Waals surface area contributed by atoms with Crippen LogP contribution in [0, 0.1) is 10.1 Å². The van der Waals surface area contributed by atoms with Gasteiger partial charge < -0.3 is 13.8 Å². The molecule has 8 nitrogen and oxygen atoms in total. The maximum atomic E-state index is 12.5. The van der Waals surface area contributed by atoms with Gasteiger partial charge in [0.1, 0.15) is 16.1 Å². The highest BCUT2D eigenvalue weighted by Gasteiger charge is 2.34. The lowest BCUT2D eigenvalue weighted by Gasteiger charge is -2.15. The highest BCUT2D eigenvalue weighted by Crippen LogP contribution is 2.48. The van der Waals surface area contributed by atoms with Crippen molar-refractivity contribution in [1.82, 2.24) is 4.98 Å². The second-order valence-electron chi connectivity index (χ2n) is 4.28. The number of pyridine rings is 1. The van der Waals surface area contributed by atoms with Crippen LogP contribution < -0.4 is 10.0 Å². The number of benzene rings is 1. The summed E-state index contributed by atoms with van der Waals surface area (Å²) in [5.74, 6) is 0.0928. The van der Waals surface area contributed by atoms with Crippen LogP contribution in [0.4, 0.5) is 5.69 Å². The van der Waals surface area contributed by atoms with Gasteiger partial charge in [0.05, 0.1) is 9.95 Å². The number of hydrogen-bond donors (Lipinski definition) is 0. The Hall–Kier alpha value is -1.70. The third kappa shape index (κ3) is 3.68. The van der Waals surface area contributed by atoms with Crippen LogP contribution >= 0.6 is 30.8 Å². The van der Waals surface area contributed by atoms with E-state index in [1.807, 2.05) is 0 Å². The van der Waals surface area contributed by atoms with E-state index in [1.54, 1.807) is 0 Å². The van der Waals surface area contributed by atoms with E-state index in [4.69, 9.17) is 37.0 Å². The molecule has 1 heterocycles. The monoisotopic (exact) mass is 392 g/mol. The lowest BCUT2D eigenvalue weighted by molar-refractivity contribution is -0.383. The predicted molar refractivity (Wildman–Crippen MR) is 88.7 cm³/mol. The van der Waals surface area contributed by atoms with Gasteiger partial charge in [-0.2, -0.15) is 0 Å². The smallest absolute Gasteiger partial charge is 0.367 e. The number of ether oxygens (including phenoxy) is 1. The molecule has 11 heteroatoms. The minimum atomic E-state index is -3.88. The summed E-state index contributed by atoms with van der Waals surface area (Å²) < 4.78 is 27.6. The van der Waals surface area contributed by atoms with Crippen LogP contribution in [0.2, 0.25) is 10.0 Å². The molecule has 0 bridgehead atoms. The molecule has 0 saturated heterocycles. The molecule has 0 fully saturated rings. The van der Waals surface area contributed by atoms with E-state index in [-0.39, 0.29) is 27.0 Å². The molecule has 0 aliphatic heterocycles. The number of nitro groups is 1. The van der Waals surface area contributed by atoms with Crippen molar-refractivity contribution in [2.24, 2.45) is 0 Å². The molecule has 0 aliphatic rings. The Balaban J connectivity index is 2.52. The van der Waals surface area contributed by atoms with E-state index >= 15 is 0 Å². The van der Waals surface area contributed by atoms with Gasteiger partial charge in [0, 0.05) is 32.5 Å². The molecule has 0 atom stereocenters. The lowest BCUT2D eigenvalue weighted by Crippen LogP contribution is -2.13. The van der Waals surface area contributed by atoms with E-state index in [9.17, 15) is 14.7 Å². The molecule has 0 unspecified atom stereocenters. The maximum Gasteiger partial charge on any atom is 0.367 e. The fourth-order valence-electron chi connectivity index (χ4n) is 1.80. The molecule has 24 heavy (non-hydrogen) atoms. The first-order chi connectivity index (χ1) is 11.3. The van der Waals surface area contributed by atoms with Gasteiger partial charge in [0.25, 0.3) is 5.69 Å². The van der Waals surface area contributed by atoms with Gasteiger partial charge in [-0.05, 0) is 12.1 Å². The normalized spacial score (nSPS) is 11.3. The Bertz CT molecular complexity index is 824. The van der Waals surface area contributed by atoms with Crippen LogP contribution in [0.5, 0.6) is 11.6 Å². The molecule has 1 aromatic heterocycles. The molecule has 1 aromatic carbocycles. The van der Waals surface area contributed by atoms with Crippen molar-refractivity contribution >= 4 is 41.8 Å². The van der Waals surface area contributed by atoms with Gasteiger partial charge in [-0.25, -0.2) is 4.98 Å². The summed E-state index contributed by atoms with van der Waals surface area (Å²) in [6.07, 6.45) is 1.38. The molecule has 2 aromatic rings. The first kappa shape index (κ1) is 18.6. The minimum absolute atomic E-state index is 0.00589. The van der Waals surface area contributed by atoms with Crippen molar-refractivity contribution in [2.45, 2.75) is 0 Å². The standard InChI is InChI=1S/C13H11Cl2N2O6P/c1-21-24(20,22-2)11-7-8(3-4-10(11)17(18)19)23-13-12(15)9(14)5-6-16-13/h3-7H,1-2H3. The topological polar surface area (TPSA) is 101 Å². The van der Waals surface area contributed by atoms with Crippen LogP contribution in [-0.2, 0) is 13.6 Å². The summed E-state index contributed by atoms with van der Waals surface area (Å²) >= 11 is 11.8. The van der Waals surface area contributed by atoms with Gasteiger partial charge in [0.2, 0.25) is 5.88 Å². The zero-order valence-electron chi connectivity index (χ0n) is 12.4. The predicted octanol–water partition coefficient (Wildman–Crippen LogP) is 4.20. The molecule has 128 valence electrons. The van der Waals surface area contributed by atoms with Crippen LogP contribution in [0.1, 0.15) is 0 Å². The number of nitro benzene ring substituents is 1. The van der Waals surface area contributed by atoms with Crippen molar-refractivity contribution in [2.75, 3.05) is 14.2 Å². The van der Waals surface area contributed by atoms with E-state index in [2.05, 4.69) is 4.98 Å². The first-order valence-electron chi connectivity index (χ1n) is 6.30. The summed E-state index contributed by atoms with van der Waals surface area (Å²) in [4.78, 5) is 14.4. The van der Waals surface area contributed by atoms with Crippen LogP contribution in [0.15, 0.2) is 30.5 Å². The van der Waals surface area contributed by atoms with Crippen LogP contribution in [0.25, 0.3) is 0 Å². The zero-order valence-corrected chi connectivity index (χ0v) is 14.8. The van der Waals surface area contributed by atoms with Gasteiger partial charge in [0.15, 0.2) is 0 Å². The molecule has 0 spiro atoms. The molecule has 0 N–H and O–H groups in total. The van der Waals surface area contributed by atoms with E-state index < -0.39 is 18.2 Å². The Kier molecular flexibility index (Phi) is 5.79.